The van der Waals surface area contributed by atoms with Crippen molar-refractivity contribution in [2.45, 2.75) is 6.18 Å². The Hall–Kier alpha value is -2.68. The fourth-order valence-electron chi connectivity index (χ4n) is 1.90. The van der Waals surface area contributed by atoms with E-state index in [2.05, 4.69) is 20.6 Å². The van der Waals surface area contributed by atoms with E-state index < -0.39 is 11.7 Å². The smallest absolute Gasteiger partial charge is 0.349 e. The minimum absolute atomic E-state index is 0.125. The van der Waals surface area contributed by atoms with Crippen molar-refractivity contribution < 1.29 is 18.0 Å². The molecule has 0 fully saturated rings. The van der Waals surface area contributed by atoms with Gasteiger partial charge in [-0.15, -0.1) is 0 Å². The Morgan fingerprint density at radius 1 is 1.16 bits per heavy atom. The molecule has 1 aromatic carbocycles. The Labute approximate surface area is 143 Å². The van der Waals surface area contributed by atoms with Crippen LogP contribution in [0.5, 0.6) is 0 Å². The molecule has 2 aromatic rings. The third-order valence-corrected chi connectivity index (χ3v) is 3.20. The van der Waals surface area contributed by atoms with Crippen molar-refractivity contribution in [3.63, 3.8) is 0 Å². The molecule has 0 aliphatic rings. The number of benzene rings is 1. The fourth-order valence-corrected chi connectivity index (χ4v) is 1.90. The Balaban J connectivity index is 2.02. The van der Waals surface area contributed by atoms with Crippen LogP contribution >= 0.6 is 0 Å². The van der Waals surface area contributed by atoms with Gasteiger partial charge in [0.1, 0.15) is 5.69 Å². The van der Waals surface area contributed by atoms with E-state index in [4.69, 9.17) is 0 Å². The van der Waals surface area contributed by atoms with Crippen LogP contribution in [-0.4, -0.2) is 48.0 Å². The number of carbonyl (C=O) groups excluding carboxylic acids is 1. The standard InChI is InChI=1S/C16H18F3N5O/c1-24(2)10-9-20-14(25)13-7-8-21-15(23-13)22-12-5-3-11(4-6-12)16(17,18)19/h3-8H,9-10H2,1-2H3,(H,20,25)(H,21,22,23). The van der Waals surface area contributed by atoms with Gasteiger partial charge in [0.15, 0.2) is 0 Å². The molecule has 0 spiro atoms. The van der Waals surface area contributed by atoms with Crippen LogP contribution in [0.2, 0.25) is 0 Å². The van der Waals surface area contributed by atoms with Crippen molar-refractivity contribution in [2.75, 3.05) is 32.5 Å². The van der Waals surface area contributed by atoms with Gasteiger partial charge in [0.25, 0.3) is 5.91 Å². The predicted octanol–water partition coefficient (Wildman–Crippen LogP) is 2.53. The second kappa shape index (κ2) is 7.93. The van der Waals surface area contributed by atoms with Crippen molar-refractivity contribution >= 4 is 17.5 Å². The van der Waals surface area contributed by atoms with Gasteiger partial charge in [-0.25, -0.2) is 9.97 Å². The molecule has 25 heavy (non-hydrogen) atoms. The van der Waals surface area contributed by atoms with Gasteiger partial charge in [-0.05, 0) is 44.4 Å². The Morgan fingerprint density at radius 2 is 1.84 bits per heavy atom. The lowest BCUT2D eigenvalue weighted by Gasteiger charge is -2.11. The van der Waals surface area contributed by atoms with Crippen LogP contribution in [0.4, 0.5) is 24.8 Å². The molecule has 0 aliphatic carbocycles. The number of aromatic nitrogens is 2. The molecule has 0 aliphatic heterocycles. The summed E-state index contributed by atoms with van der Waals surface area (Å²) in [5, 5.41) is 5.50. The van der Waals surface area contributed by atoms with E-state index in [-0.39, 0.29) is 17.5 Å². The molecular weight excluding hydrogens is 335 g/mol. The molecule has 2 rings (SSSR count). The lowest BCUT2D eigenvalue weighted by atomic mass is 10.2. The van der Waals surface area contributed by atoms with Crippen molar-refractivity contribution in [1.29, 1.82) is 0 Å². The maximum Gasteiger partial charge on any atom is 0.416 e. The first-order valence-electron chi connectivity index (χ1n) is 7.46. The number of nitrogens with one attached hydrogen (secondary N) is 2. The van der Waals surface area contributed by atoms with Crippen LogP contribution in [-0.2, 0) is 6.18 Å². The number of anilines is 2. The van der Waals surface area contributed by atoms with Gasteiger partial charge in [0.2, 0.25) is 5.95 Å². The maximum atomic E-state index is 12.5. The van der Waals surface area contributed by atoms with Crippen molar-refractivity contribution in [2.24, 2.45) is 0 Å². The first kappa shape index (κ1) is 18.7. The number of amides is 1. The van der Waals surface area contributed by atoms with Crippen LogP contribution in [0.25, 0.3) is 0 Å². The number of likely N-dealkylation sites (N-methyl/N-ethyl adjacent to an activating group) is 1. The number of halogens is 3. The summed E-state index contributed by atoms with van der Waals surface area (Å²) in [6.45, 7) is 1.16. The highest BCUT2D eigenvalue weighted by atomic mass is 19.4. The van der Waals surface area contributed by atoms with Crippen molar-refractivity contribution in [1.82, 2.24) is 20.2 Å². The van der Waals surface area contributed by atoms with Crippen LogP contribution in [0.3, 0.4) is 0 Å². The molecule has 0 radical (unpaired) electrons. The van der Waals surface area contributed by atoms with Gasteiger partial charge in [-0.3, -0.25) is 4.79 Å². The largest absolute Gasteiger partial charge is 0.416 e. The highest BCUT2D eigenvalue weighted by molar-refractivity contribution is 5.92. The quantitative estimate of drug-likeness (QED) is 0.835. The molecule has 9 heteroatoms. The van der Waals surface area contributed by atoms with E-state index in [1.807, 2.05) is 19.0 Å². The van der Waals surface area contributed by atoms with Crippen LogP contribution in [0, 0.1) is 0 Å². The topological polar surface area (TPSA) is 70.2 Å². The Morgan fingerprint density at radius 3 is 2.44 bits per heavy atom. The first-order chi connectivity index (χ1) is 11.8. The number of nitrogens with zero attached hydrogens (tertiary/aromatic N) is 3. The maximum absolute atomic E-state index is 12.5. The van der Waals surface area contributed by atoms with E-state index in [9.17, 15) is 18.0 Å². The molecule has 134 valence electrons. The van der Waals surface area contributed by atoms with Crippen molar-refractivity contribution in [3.05, 3.63) is 47.8 Å². The summed E-state index contributed by atoms with van der Waals surface area (Å²) >= 11 is 0. The summed E-state index contributed by atoms with van der Waals surface area (Å²) in [5.41, 5.74) is -0.186. The average Bonchev–Trinajstić information content (AvgIpc) is 2.54. The summed E-state index contributed by atoms with van der Waals surface area (Å²) in [4.78, 5) is 22.0. The van der Waals surface area contributed by atoms with Crippen molar-refractivity contribution in [3.8, 4) is 0 Å². The number of carbonyl (C=O) groups is 1. The molecule has 0 saturated heterocycles. The average molecular weight is 353 g/mol. The fraction of sp³-hybridized carbons (Fsp3) is 0.312. The predicted molar refractivity (Wildman–Crippen MR) is 87.6 cm³/mol. The summed E-state index contributed by atoms with van der Waals surface area (Å²) in [7, 11) is 3.78. The summed E-state index contributed by atoms with van der Waals surface area (Å²) < 4.78 is 37.6. The zero-order chi connectivity index (χ0) is 18.4. The molecule has 2 N–H and O–H groups in total. The minimum Gasteiger partial charge on any atom is -0.349 e. The number of alkyl halides is 3. The van der Waals surface area contributed by atoms with Gasteiger partial charge in [0.05, 0.1) is 5.56 Å². The van der Waals surface area contributed by atoms with Gasteiger partial charge in [0, 0.05) is 25.0 Å². The number of hydrogen-bond donors (Lipinski definition) is 2. The van der Waals surface area contributed by atoms with Crippen LogP contribution in [0.1, 0.15) is 16.1 Å². The van der Waals surface area contributed by atoms with Gasteiger partial charge in [-0.2, -0.15) is 13.2 Å². The SMILES string of the molecule is CN(C)CCNC(=O)c1ccnc(Nc2ccc(C(F)(F)F)cc2)n1. The Kier molecular flexibility index (Phi) is 5.92. The molecule has 1 aromatic heterocycles. The molecular formula is C16H18F3N5O. The molecule has 0 unspecified atom stereocenters. The van der Waals surface area contributed by atoms with E-state index in [1.165, 1.54) is 24.4 Å². The minimum atomic E-state index is -4.39. The number of rotatable bonds is 6. The first-order valence-corrected chi connectivity index (χ1v) is 7.46. The summed E-state index contributed by atoms with van der Waals surface area (Å²) in [5.74, 6) is -0.222. The van der Waals surface area contributed by atoms with E-state index in [1.54, 1.807) is 0 Å². The zero-order valence-electron chi connectivity index (χ0n) is 13.8. The molecule has 0 saturated carbocycles. The summed E-state index contributed by atoms with van der Waals surface area (Å²) in [6.07, 6.45) is -2.99. The zero-order valence-corrected chi connectivity index (χ0v) is 13.8. The lowest BCUT2D eigenvalue weighted by Crippen LogP contribution is -2.31. The number of hydrogen-bond acceptors (Lipinski definition) is 5. The highest BCUT2D eigenvalue weighted by Gasteiger charge is 2.29. The molecule has 6 nitrogen and oxygen atoms in total. The van der Waals surface area contributed by atoms with E-state index >= 15 is 0 Å². The summed E-state index contributed by atoms with van der Waals surface area (Å²) in [6, 6.07) is 5.93. The molecule has 1 heterocycles. The third kappa shape index (κ3) is 5.71. The van der Waals surface area contributed by atoms with E-state index in [0.717, 1.165) is 12.1 Å². The van der Waals surface area contributed by atoms with Crippen LogP contribution in [0.15, 0.2) is 36.5 Å². The molecule has 0 atom stereocenters. The molecule has 1 amide bonds. The second-order valence-corrected chi connectivity index (χ2v) is 5.52. The van der Waals surface area contributed by atoms with Crippen LogP contribution < -0.4 is 10.6 Å². The normalized spacial score (nSPS) is 11.4. The molecule has 0 bridgehead atoms. The van der Waals surface area contributed by atoms with E-state index in [0.29, 0.717) is 18.8 Å². The monoisotopic (exact) mass is 353 g/mol. The third-order valence-electron chi connectivity index (χ3n) is 3.20. The van der Waals surface area contributed by atoms with Gasteiger partial charge in [-0.1, -0.05) is 0 Å². The van der Waals surface area contributed by atoms with Gasteiger partial charge >= 0.3 is 6.18 Å². The van der Waals surface area contributed by atoms with Gasteiger partial charge < -0.3 is 15.5 Å². The highest BCUT2D eigenvalue weighted by Crippen LogP contribution is 2.30. The second-order valence-electron chi connectivity index (χ2n) is 5.52. The Bertz CT molecular complexity index is 716. The lowest BCUT2D eigenvalue weighted by molar-refractivity contribution is -0.137.